The summed E-state index contributed by atoms with van der Waals surface area (Å²) in [4.78, 5) is 38.6. The molecule has 0 bridgehead atoms. The molecule has 3 aromatic rings. The van der Waals surface area contributed by atoms with Crippen LogP contribution in [0.4, 0.5) is 4.79 Å². The third-order valence-corrected chi connectivity index (χ3v) is 5.29. The number of hydrogen-bond acceptors (Lipinski definition) is 4. The minimum Gasteiger partial charge on any atom is -0.350 e. The summed E-state index contributed by atoms with van der Waals surface area (Å²) in [5.74, 6) is -0.869. The Labute approximate surface area is 179 Å². The van der Waals surface area contributed by atoms with Crippen LogP contribution in [0.15, 0.2) is 73.1 Å². The fraction of sp³-hybridized carbons (Fsp3) is 0.217. The summed E-state index contributed by atoms with van der Waals surface area (Å²) in [5, 5.41) is 9.75. The van der Waals surface area contributed by atoms with Crippen molar-refractivity contribution in [2.75, 3.05) is 6.54 Å². The van der Waals surface area contributed by atoms with E-state index in [4.69, 9.17) is 0 Å². The SMILES string of the molecule is CC1(c2ccccc2)NC(=O)N(CC(=O)NCc2cnn(Cc3ccccc3)c2)C1=O. The molecule has 4 amide bonds. The molecule has 2 heterocycles. The van der Waals surface area contributed by atoms with E-state index >= 15 is 0 Å². The first-order valence-electron chi connectivity index (χ1n) is 9.97. The fourth-order valence-electron chi connectivity index (χ4n) is 3.56. The molecule has 1 atom stereocenters. The van der Waals surface area contributed by atoms with Gasteiger partial charge in [-0.15, -0.1) is 0 Å². The molecule has 0 radical (unpaired) electrons. The Morgan fingerprint density at radius 2 is 1.71 bits per heavy atom. The van der Waals surface area contributed by atoms with Crippen LogP contribution in [0, 0.1) is 0 Å². The van der Waals surface area contributed by atoms with Crippen LogP contribution in [0.5, 0.6) is 0 Å². The first kappa shape index (κ1) is 20.3. The standard InChI is InChI=1S/C23H23N5O3/c1-23(19-10-6-3-7-11-19)21(30)28(22(31)26-23)16-20(29)24-12-18-13-25-27(15-18)14-17-8-4-2-5-9-17/h2-11,13,15H,12,14,16H2,1H3,(H,24,29)(H,26,31). The molecule has 1 fully saturated rings. The van der Waals surface area contributed by atoms with E-state index in [2.05, 4.69) is 15.7 Å². The highest BCUT2D eigenvalue weighted by molar-refractivity contribution is 6.09. The van der Waals surface area contributed by atoms with Gasteiger partial charge in [0.15, 0.2) is 0 Å². The number of nitrogens with zero attached hydrogens (tertiary/aromatic N) is 3. The average molecular weight is 417 g/mol. The van der Waals surface area contributed by atoms with Crippen LogP contribution in [-0.2, 0) is 28.2 Å². The zero-order chi connectivity index (χ0) is 21.8. The number of imide groups is 1. The monoisotopic (exact) mass is 417 g/mol. The highest BCUT2D eigenvalue weighted by Crippen LogP contribution is 2.28. The van der Waals surface area contributed by atoms with Crippen molar-refractivity contribution in [3.8, 4) is 0 Å². The zero-order valence-corrected chi connectivity index (χ0v) is 17.1. The van der Waals surface area contributed by atoms with E-state index in [1.54, 1.807) is 42.1 Å². The maximum atomic E-state index is 12.9. The van der Waals surface area contributed by atoms with Crippen molar-refractivity contribution >= 4 is 17.8 Å². The van der Waals surface area contributed by atoms with E-state index in [0.29, 0.717) is 12.1 Å². The summed E-state index contributed by atoms with van der Waals surface area (Å²) in [6.07, 6.45) is 3.54. The first-order chi connectivity index (χ1) is 15.0. The quantitative estimate of drug-likeness (QED) is 0.575. The second-order valence-electron chi connectivity index (χ2n) is 7.62. The highest BCUT2D eigenvalue weighted by Gasteiger charge is 2.49. The number of amides is 4. The second-order valence-corrected chi connectivity index (χ2v) is 7.62. The van der Waals surface area contributed by atoms with E-state index in [-0.39, 0.29) is 13.1 Å². The average Bonchev–Trinajstić information content (AvgIpc) is 3.32. The van der Waals surface area contributed by atoms with Gasteiger partial charge in [-0.25, -0.2) is 4.79 Å². The third kappa shape index (κ3) is 4.32. The molecule has 1 aliphatic rings. The molecule has 4 rings (SSSR count). The van der Waals surface area contributed by atoms with Crippen molar-refractivity contribution < 1.29 is 14.4 Å². The molecule has 1 unspecified atom stereocenters. The van der Waals surface area contributed by atoms with E-state index in [1.165, 1.54) is 0 Å². The Bertz CT molecular complexity index is 1100. The lowest BCUT2D eigenvalue weighted by atomic mass is 9.92. The van der Waals surface area contributed by atoms with E-state index in [9.17, 15) is 14.4 Å². The van der Waals surface area contributed by atoms with Crippen LogP contribution in [0.1, 0.15) is 23.6 Å². The fourth-order valence-corrected chi connectivity index (χ4v) is 3.56. The Morgan fingerprint density at radius 3 is 2.42 bits per heavy atom. The molecule has 1 saturated heterocycles. The van der Waals surface area contributed by atoms with Crippen molar-refractivity contribution in [1.82, 2.24) is 25.3 Å². The van der Waals surface area contributed by atoms with Gasteiger partial charge in [-0.2, -0.15) is 5.10 Å². The van der Waals surface area contributed by atoms with Crippen LogP contribution in [0.2, 0.25) is 0 Å². The predicted molar refractivity (Wildman–Crippen MR) is 114 cm³/mol. The largest absolute Gasteiger partial charge is 0.350 e. The highest BCUT2D eigenvalue weighted by atomic mass is 16.2. The van der Waals surface area contributed by atoms with Crippen LogP contribution >= 0.6 is 0 Å². The summed E-state index contributed by atoms with van der Waals surface area (Å²) in [6.45, 7) is 2.19. The Balaban J connectivity index is 1.33. The van der Waals surface area contributed by atoms with Crippen LogP contribution in [0.3, 0.4) is 0 Å². The van der Waals surface area contributed by atoms with Crippen LogP contribution in [-0.4, -0.2) is 39.1 Å². The lowest BCUT2D eigenvalue weighted by Gasteiger charge is -2.22. The molecule has 0 aliphatic carbocycles. The van der Waals surface area contributed by atoms with Crippen molar-refractivity contribution in [1.29, 1.82) is 0 Å². The van der Waals surface area contributed by atoms with Crippen molar-refractivity contribution in [3.63, 3.8) is 0 Å². The van der Waals surface area contributed by atoms with Crippen molar-refractivity contribution in [3.05, 3.63) is 89.7 Å². The summed E-state index contributed by atoms with van der Waals surface area (Å²) in [6, 6.07) is 18.3. The molecule has 1 aromatic heterocycles. The molecule has 158 valence electrons. The molecule has 2 N–H and O–H groups in total. The molecule has 1 aliphatic heterocycles. The summed E-state index contributed by atoms with van der Waals surface area (Å²) in [7, 11) is 0. The normalized spacial score (nSPS) is 18.2. The Kier molecular flexibility index (Phi) is 5.53. The molecule has 8 heteroatoms. The van der Waals surface area contributed by atoms with E-state index in [0.717, 1.165) is 16.0 Å². The molecule has 31 heavy (non-hydrogen) atoms. The molecule has 0 saturated carbocycles. The zero-order valence-electron chi connectivity index (χ0n) is 17.1. The maximum absolute atomic E-state index is 12.9. The number of benzene rings is 2. The lowest BCUT2D eigenvalue weighted by Crippen LogP contribution is -2.43. The van der Waals surface area contributed by atoms with Gasteiger partial charge in [-0.05, 0) is 18.1 Å². The molecular weight excluding hydrogens is 394 g/mol. The number of hydrogen-bond donors (Lipinski definition) is 2. The smallest absolute Gasteiger partial charge is 0.325 e. The second kappa shape index (κ2) is 8.43. The van der Waals surface area contributed by atoms with Gasteiger partial charge in [0.25, 0.3) is 5.91 Å². The van der Waals surface area contributed by atoms with Crippen molar-refractivity contribution in [2.24, 2.45) is 0 Å². The Hall–Kier alpha value is -3.94. The predicted octanol–water partition coefficient (Wildman–Crippen LogP) is 2.01. The van der Waals surface area contributed by atoms with Gasteiger partial charge in [0.2, 0.25) is 5.91 Å². The molecule has 8 nitrogen and oxygen atoms in total. The van der Waals surface area contributed by atoms with Gasteiger partial charge in [0, 0.05) is 18.3 Å². The van der Waals surface area contributed by atoms with Gasteiger partial charge < -0.3 is 10.6 Å². The van der Waals surface area contributed by atoms with Gasteiger partial charge >= 0.3 is 6.03 Å². The summed E-state index contributed by atoms with van der Waals surface area (Å²) < 4.78 is 1.79. The summed E-state index contributed by atoms with van der Waals surface area (Å²) >= 11 is 0. The van der Waals surface area contributed by atoms with Crippen LogP contribution < -0.4 is 10.6 Å². The summed E-state index contributed by atoms with van der Waals surface area (Å²) in [5.41, 5.74) is 1.44. The maximum Gasteiger partial charge on any atom is 0.325 e. The lowest BCUT2D eigenvalue weighted by molar-refractivity contribution is -0.134. The first-order valence-corrected chi connectivity index (χ1v) is 9.97. The van der Waals surface area contributed by atoms with Gasteiger partial charge in [0.1, 0.15) is 12.1 Å². The Morgan fingerprint density at radius 1 is 1.03 bits per heavy atom. The number of urea groups is 1. The minimum absolute atomic E-state index is 0.257. The van der Waals surface area contributed by atoms with Gasteiger partial charge in [-0.3, -0.25) is 19.2 Å². The van der Waals surface area contributed by atoms with Gasteiger partial charge in [-0.1, -0.05) is 60.7 Å². The van der Waals surface area contributed by atoms with Gasteiger partial charge in [0.05, 0.1) is 12.7 Å². The molecule has 0 spiro atoms. The number of rotatable bonds is 7. The number of nitrogens with one attached hydrogen (secondary N) is 2. The molecular formula is C23H23N5O3. The number of carbonyl (C=O) groups is 3. The number of carbonyl (C=O) groups excluding carboxylic acids is 3. The van der Waals surface area contributed by atoms with Crippen LogP contribution in [0.25, 0.3) is 0 Å². The van der Waals surface area contributed by atoms with Crippen molar-refractivity contribution in [2.45, 2.75) is 25.6 Å². The van der Waals surface area contributed by atoms with E-state index < -0.39 is 23.4 Å². The van der Waals surface area contributed by atoms with E-state index in [1.807, 2.05) is 42.6 Å². The third-order valence-electron chi connectivity index (χ3n) is 5.29. The number of aromatic nitrogens is 2. The minimum atomic E-state index is -1.18. The molecule has 2 aromatic carbocycles. The topological polar surface area (TPSA) is 96.3 Å².